The van der Waals surface area contributed by atoms with Crippen molar-refractivity contribution in [3.8, 4) is 5.75 Å². The van der Waals surface area contributed by atoms with E-state index in [4.69, 9.17) is 11.5 Å². The molecule has 1 aliphatic heterocycles. The summed E-state index contributed by atoms with van der Waals surface area (Å²) in [5, 5.41) is 26.5. The third-order valence-corrected chi connectivity index (χ3v) is 11.5. The molecule has 2 unspecified atom stereocenters. The van der Waals surface area contributed by atoms with Gasteiger partial charge in [0, 0.05) is 37.8 Å². The number of aromatic nitrogens is 2. The molecule has 0 aliphatic carbocycles. The number of nitrogens with one attached hydrogen (secondary N) is 7. The van der Waals surface area contributed by atoms with E-state index in [0.717, 1.165) is 0 Å². The van der Waals surface area contributed by atoms with Crippen LogP contribution in [0.4, 0.5) is 0 Å². The van der Waals surface area contributed by atoms with Crippen LogP contribution in [0, 0.1) is 11.8 Å². The van der Waals surface area contributed by atoms with Crippen molar-refractivity contribution in [2.45, 2.75) is 129 Å². The van der Waals surface area contributed by atoms with E-state index in [-0.39, 0.29) is 56.4 Å². The van der Waals surface area contributed by atoms with Gasteiger partial charge < -0.3 is 63.3 Å². The molecule has 0 saturated carbocycles. The van der Waals surface area contributed by atoms with E-state index in [9.17, 15) is 43.5 Å². The molecule has 1 aliphatic rings. The number of aliphatic imine (C=N–C) groups is 1. The highest BCUT2D eigenvalue weighted by Gasteiger charge is 2.40. The molecular weight excluding hydrogens is 867 g/mol. The molecule has 0 bridgehead atoms. The number of likely N-dealkylation sites (N-methyl/N-ethyl adjacent to an activating group) is 1. The van der Waals surface area contributed by atoms with Gasteiger partial charge in [-0.15, -0.1) is 0 Å². The summed E-state index contributed by atoms with van der Waals surface area (Å²) in [5.41, 5.74) is 12.0. The van der Waals surface area contributed by atoms with E-state index < -0.39 is 95.5 Å². The summed E-state index contributed by atoms with van der Waals surface area (Å²) in [7, 11) is 3.40. The molecule has 3 rings (SSSR count). The lowest BCUT2D eigenvalue weighted by atomic mass is 9.96. The summed E-state index contributed by atoms with van der Waals surface area (Å²) in [4.78, 5) is 123. The molecule has 12 N–H and O–H groups in total. The number of rotatable bonds is 26. The summed E-state index contributed by atoms with van der Waals surface area (Å²) in [6, 6.07) is -1.67. The first-order valence-corrected chi connectivity index (χ1v) is 22.7. The fourth-order valence-corrected chi connectivity index (χ4v) is 7.37. The molecule has 22 heteroatoms. The maximum Gasteiger partial charge on any atom is 0.246 e. The van der Waals surface area contributed by atoms with Crippen molar-refractivity contribution < 1.29 is 43.5 Å². The monoisotopic (exact) mass is 938 g/mol. The number of aromatic amines is 1. The van der Waals surface area contributed by atoms with E-state index in [1.807, 2.05) is 6.92 Å². The zero-order valence-corrected chi connectivity index (χ0v) is 39.9. The Balaban J connectivity index is 1.92. The smallest absolute Gasteiger partial charge is 0.246 e. The lowest BCUT2D eigenvalue weighted by molar-refractivity contribution is -0.142. The summed E-state index contributed by atoms with van der Waals surface area (Å²) in [6.45, 7) is 10.3. The molecule has 2 heterocycles. The van der Waals surface area contributed by atoms with E-state index >= 15 is 0 Å². The van der Waals surface area contributed by atoms with Gasteiger partial charge in [0.1, 0.15) is 42.0 Å². The fraction of sp³-hybridized carbons (Fsp3) is 0.600. The maximum absolute atomic E-state index is 14.5. The molecule has 1 saturated heterocycles. The van der Waals surface area contributed by atoms with Crippen molar-refractivity contribution in [3.63, 3.8) is 0 Å². The molecule has 2 aromatic rings. The number of nitrogens with zero attached hydrogens (tertiary/aromatic N) is 4. The van der Waals surface area contributed by atoms with Crippen molar-refractivity contribution in [3.05, 3.63) is 48.0 Å². The fourth-order valence-electron chi connectivity index (χ4n) is 7.37. The number of hydrogen-bond donors (Lipinski definition) is 10. The third kappa shape index (κ3) is 17.6. The highest BCUT2D eigenvalue weighted by atomic mass is 16.3. The van der Waals surface area contributed by atoms with Gasteiger partial charge in [-0.25, -0.2) is 4.98 Å². The Bertz CT molecular complexity index is 2020. The summed E-state index contributed by atoms with van der Waals surface area (Å²) < 4.78 is 0. The van der Waals surface area contributed by atoms with Crippen LogP contribution in [0.1, 0.15) is 84.9 Å². The van der Waals surface area contributed by atoms with Gasteiger partial charge >= 0.3 is 0 Å². The van der Waals surface area contributed by atoms with Gasteiger partial charge in [-0.1, -0.05) is 46.2 Å². The Labute approximate surface area is 392 Å². The molecule has 0 radical (unpaired) electrons. The highest BCUT2D eigenvalue weighted by molar-refractivity contribution is 5.98. The summed E-state index contributed by atoms with van der Waals surface area (Å²) >= 11 is 0. The van der Waals surface area contributed by atoms with Crippen LogP contribution in [0.5, 0.6) is 5.75 Å². The Hall–Kier alpha value is -6.58. The van der Waals surface area contributed by atoms with Crippen molar-refractivity contribution in [1.82, 2.24) is 51.7 Å². The highest BCUT2D eigenvalue weighted by Crippen LogP contribution is 2.21. The summed E-state index contributed by atoms with van der Waals surface area (Å²) in [5.74, 6) is -5.69. The average molecular weight is 938 g/mol. The van der Waals surface area contributed by atoms with Gasteiger partial charge in [-0.3, -0.25) is 43.3 Å². The number of carbonyl (C=O) groups excluding carboxylic acids is 8. The van der Waals surface area contributed by atoms with Crippen molar-refractivity contribution in [1.29, 1.82) is 0 Å². The molecule has 67 heavy (non-hydrogen) atoms. The molecule has 8 atom stereocenters. The van der Waals surface area contributed by atoms with E-state index in [0.29, 0.717) is 36.9 Å². The van der Waals surface area contributed by atoms with Crippen LogP contribution >= 0.6 is 0 Å². The number of benzene rings is 1. The minimum absolute atomic E-state index is 0.00306. The number of hydrogen-bond acceptors (Lipinski definition) is 12. The van der Waals surface area contributed by atoms with Gasteiger partial charge in [0.15, 0.2) is 11.7 Å². The molecule has 370 valence electrons. The normalized spacial score (nSPS) is 16.6. The van der Waals surface area contributed by atoms with E-state index in [1.54, 1.807) is 58.8 Å². The number of imidazole rings is 1. The number of likely N-dealkylation sites (tertiary alicyclic amines) is 1. The predicted molar refractivity (Wildman–Crippen MR) is 250 cm³/mol. The molecule has 0 spiro atoms. The van der Waals surface area contributed by atoms with Gasteiger partial charge in [-0.2, -0.15) is 0 Å². The lowest BCUT2D eigenvalue weighted by Crippen LogP contribution is -2.62. The number of guanidine groups is 1. The number of Topliss-reactive ketones (excluding diaryl/α,β-unsaturated/α-hetero) is 1. The second-order valence-corrected chi connectivity index (χ2v) is 17.7. The predicted octanol–water partition coefficient (Wildman–Crippen LogP) is -1.27. The number of phenols is 1. The van der Waals surface area contributed by atoms with Crippen LogP contribution in [-0.4, -0.2) is 154 Å². The first kappa shape index (κ1) is 54.8. The van der Waals surface area contributed by atoms with Crippen molar-refractivity contribution in [2.24, 2.45) is 28.3 Å². The number of H-pyrrole nitrogens is 1. The minimum Gasteiger partial charge on any atom is -0.508 e. The molecule has 1 fully saturated rings. The second-order valence-electron chi connectivity index (χ2n) is 17.7. The third-order valence-electron chi connectivity index (χ3n) is 11.5. The topological polar surface area (TPSA) is 329 Å². The molecule has 7 amide bonds. The van der Waals surface area contributed by atoms with Crippen LogP contribution in [0.15, 0.2) is 41.8 Å². The van der Waals surface area contributed by atoms with Crippen LogP contribution < -0.4 is 43.4 Å². The lowest BCUT2D eigenvalue weighted by Gasteiger charge is -2.32. The second kappa shape index (κ2) is 26.5. The van der Waals surface area contributed by atoms with Crippen LogP contribution in [0.3, 0.4) is 0 Å². The van der Waals surface area contributed by atoms with Crippen molar-refractivity contribution in [2.75, 3.05) is 33.7 Å². The Morgan fingerprint density at radius 3 is 2.06 bits per heavy atom. The molecule has 1 aromatic heterocycles. The van der Waals surface area contributed by atoms with Crippen LogP contribution in [-0.2, 0) is 51.2 Å². The maximum atomic E-state index is 14.5. The number of amides is 7. The van der Waals surface area contributed by atoms with Crippen LogP contribution in [0.2, 0.25) is 0 Å². The van der Waals surface area contributed by atoms with Crippen LogP contribution in [0.25, 0.3) is 0 Å². The first-order valence-electron chi connectivity index (χ1n) is 22.7. The Morgan fingerprint density at radius 1 is 0.851 bits per heavy atom. The SMILES string of the molecule is CCC(C)[C@H](NC(=O)C(Cc1ccc(O)cc1)NC(=O)[C@@H](NC(=O)[C@H](CCCN=C(N)N)NC(=O)CN(C)C)C(C)C)C(=O)N[C@@H](Cc1cnc[nH]1)C(=O)N1CCC[C@H]1C(=O)N[C@H](C)C(C)=O. The van der Waals surface area contributed by atoms with Gasteiger partial charge in [-0.05, 0) is 83.2 Å². The van der Waals surface area contributed by atoms with Gasteiger partial charge in [0.2, 0.25) is 41.4 Å². The number of phenolic OH excluding ortho intramolecular Hbond substituents is 1. The average Bonchev–Trinajstić information content (AvgIpc) is 3.98. The number of carbonyl (C=O) groups is 8. The van der Waals surface area contributed by atoms with Gasteiger partial charge in [0.05, 0.1) is 18.9 Å². The minimum atomic E-state index is -1.33. The van der Waals surface area contributed by atoms with E-state index in [1.165, 1.54) is 36.5 Å². The molecular formula is C45H71N13O9. The largest absolute Gasteiger partial charge is 0.508 e. The standard InChI is InChI=1S/C45H71N13O9/c1-9-26(4)38(43(66)54-34(21-30-22-48-24-50-30)44(67)58-19-11-13-35(58)41(64)51-27(5)28(6)59)56-40(63)33(20-29-14-16-31(60)17-15-29)53-42(65)37(25(2)3)55-39(62)32(12-10-18-49-45(46)47)52-36(61)23-57(7)8/h14-17,22,24-27,32-35,37-38,60H,9-13,18-21,23H2,1-8H3,(H,48,50)(H,51,64)(H,52,61)(H,53,65)(H,54,66)(H,55,62)(H,56,63)(H4,46,47,49)/t26?,27-,32+,33?,34+,35+,37+,38+/m1/s1. The molecule has 22 nitrogen and oxygen atoms in total. The number of nitrogens with two attached hydrogens (primary N) is 2. The van der Waals surface area contributed by atoms with Gasteiger partial charge in [0.25, 0.3) is 0 Å². The molecule has 1 aromatic carbocycles. The number of aromatic hydroxyl groups is 1. The quantitative estimate of drug-likeness (QED) is 0.0299. The Morgan fingerprint density at radius 2 is 1.48 bits per heavy atom. The van der Waals surface area contributed by atoms with E-state index in [2.05, 4.69) is 46.9 Å². The first-order chi connectivity index (χ1) is 31.6. The Kier molecular flexibility index (Phi) is 21.7. The zero-order chi connectivity index (χ0) is 50.0. The number of ketones is 1. The zero-order valence-electron chi connectivity index (χ0n) is 39.9. The summed E-state index contributed by atoms with van der Waals surface area (Å²) in [6.07, 6.45) is 4.54. The van der Waals surface area contributed by atoms with Crippen molar-refractivity contribution >= 4 is 53.1 Å².